The van der Waals surface area contributed by atoms with Crippen LogP contribution in [0.25, 0.3) is 11.4 Å². The Hall–Kier alpha value is -3.80. The molecule has 0 aliphatic carbocycles. The second kappa shape index (κ2) is 8.48. The lowest BCUT2D eigenvalue weighted by Gasteiger charge is -2.07. The standard InChI is InChI=1S/C17H15N9O2S/c1-28-15-8-6-14(7-9-15)26-17(20-22-24-26)29-10-16(27)19-12-2-4-13(5-3-12)25-11-18-21-23-25/h2-9,11H,10H2,1H3,(H,19,27). The summed E-state index contributed by atoms with van der Waals surface area (Å²) in [6.45, 7) is 0. The lowest BCUT2D eigenvalue weighted by molar-refractivity contribution is -0.113. The summed E-state index contributed by atoms with van der Waals surface area (Å²) in [5, 5.41) is 26.0. The Morgan fingerprint density at radius 2 is 1.79 bits per heavy atom. The number of nitrogens with one attached hydrogen (secondary N) is 1. The van der Waals surface area contributed by atoms with E-state index in [0.717, 1.165) is 17.1 Å². The Morgan fingerprint density at radius 3 is 2.48 bits per heavy atom. The highest BCUT2D eigenvalue weighted by Crippen LogP contribution is 2.21. The zero-order chi connectivity index (χ0) is 20.1. The van der Waals surface area contributed by atoms with E-state index in [0.29, 0.717) is 10.8 Å². The number of hydrogen-bond acceptors (Lipinski definition) is 9. The van der Waals surface area contributed by atoms with Gasteiger partial charge < -0.3 is 10.1 Å². The summed E-state index contributed by atoms with van der Waals surface area (Å²) >= 11 is 1.24. The molecule has 2 aromatic carbocycles. The lowest BCUT2D eigenvalue weighted by atomic mass is 10.3. The molecule has 146 valence electrons. The van der Waals surface area contributed by atoms with Crippen molar-refractivity contribution in [1.82, 2.24) is 40.4 Å². The average Bonchev–Trinajstić information content (AvgIpc) is 3.45. The van der Waals surface area contributed by atoms with E-state index in [2.05, 4.69) is 36.4 Å². The maximum absolute atomic E-state index is 12.3. The number of rotatable bonds is 7. The Kier molecular flexibility index (Phi) is 5.42. The molecule has 12 heteroatoms. The van der Waals surface area contributed by atoms with Crippen molar-refractivity contribution >= 4 is 23.4 Å². The van der Waals surface area contributed by atoms with Crippen LogP contribution in [0.4, 0.5) is 5.69 Å². The van der Waals surface area contributed by atoms with Crippen molar-refractivity contribution < 1.29 is 9.53 Å². The zero-order valence-corrected chi connectivity index (χ0v) is 16.0. The summed E-state index contributed by atoms with van der Waals surface area (Å²) in [6.07, 6.45) is 1.50. The number of carbonyl (C=O) groups is 1. The van der Waals surface area contributed by atoms with Gasteiger partial charge in [-0.05, 0) is 69.4 Å². The third-order valence-corrected chi connectivity index (χ3v) is 4.77. The molecule has 0 atom stereocenters. The quantitative estimate of drug-likeness (QED) is 0.450. The first kappa shape index (κ1) is 18.6. The number of ether oxygens (including phenoxy) is 1. The van der Waals surface area contributed by atoms with Gasteiger partial charge in [0.15, 0.2) is 0 Å². The van der Waals surface area contributed by atoms with Crippen LogP contribution in [-0.2, 0) is 4.79 Å². The lowest BCUT2D eigenvalue weighted by Crippen LogP contribution is -2.14. The van der Waals surface area contributed by atoms with Gasteiger partial charge in [-0.25, -0.2) is 4.68 Å². The van der Waals surface area contributed by atoms with Crippen LogP contribution in [0, 0.1) is 0 Å². The van der Waals surface area contributed by atoms with Gasteiger partial charge in [0.25, 0.3) is 0 Å². The molecular weight excluding hydrogens is 394 g/mol. The third-order valence-electron chi connectivity index (χ3n) is 3.85. The number of thioether (sulfide) groups is 1. The van der Waals surface area contributed by atoms with Gasteiger partial charge in [0.1, 0.15) is 12.1 Å². The predicted octanol–water partition coefficient (Wildman–Crippen LogP) is 1.38. The van der Waals surface area contributed by atoms with Gasteiger partial charge in [0.2, 0.25) is 11.1 Å². The maximum Gasteiger partial charge on any atom is 0.234 e. The van der Waals surface area contributed by atoms with E-state index < -0.39 is 0 Å². The number of amides is 1. The number of nitrogens with zero attached hydrogens (tertiary/aromatic N) is 8. The highest BCUT2D eigenvalue weighted by atomic mass is 32.2. The molecule has 4 aromatic rings. The van der Waals surface area contributed by atoms with Crippen molar-refractivity contribution in [3.05, 3.63) is 54.9 Å². The summed E-state index contributed by atoms with van der Waals surface area (Å²) in [5.41, 5.74) is 2.24. The van der Waals surface area contributed by atoms with Gasteiger partial charge in [-0.3, -0.25) is 4.79 Å². The van der Waals surface area contributed by atoms with Crippen LogP contribution in [0.2, 0.25) is 0 Å². The SMILES string of the molecule is COc1ccc(-n2nnnc2SCC(=O)Nc2ccc(-n3cnnn3)cc2)cc1. The van der Waals surface area contributed by atoms with Gasteiger partial charge in [0.05, 0.1) is 24.2 Å². The Morgan fingerprint density at radius 1 is 1.03 bits per heavy atom. The molecule has 1 amide bonds. The van der Waals surface area contributed by atoms with E-state index in [1.807, 2.05) is 36.4 Å². The van der Waals surface area contributed by atoms with Gasteiger partial charge in [0, 0.05) is 5.69 Å². The minimum atomic E-state index is -0.172. The number of methoxy groups -OCH3 is 1. The fraction of sp³-hybridized carbons (Fsp3) is 0.118. The molecule has 0 unspecified atom stereocenters. The monoisotopic (exact) mass is 409 g/mol. The van der Waals surface area contributed by atoms with Crippen molar-refractivity contribution in [3.63, 3.8) is 0 Å². The number of aromatic nitrogens is 8. The molecule has 4 rings (SSSR count). The minimum Gasteiger partial charge on any atom is -0.497 e. The largest absolute Gasteiger partial charge is 0.497 e. The first-order valence-electron chi connectivity index (χ1n) is 8.42. The van der Waals surface area contributed by atoms with Gasteiger partial charge >= 0.3 is 0 Å². The minimum absolute atomic E-state index is 0.158. The topological polar surface area (TPSA) is 126 Å². The molecule has 11 nitrogen and oxygen atoms in total. The van der Waals surface area contributed by atoms with E-state index in [1.54, 1.807) is 23.9 Å². The molecule has 0 aliphatic heterocycles. The van der Waals surface area contributed by atoms with E-state index in [1.165, 1.54) is 22.8 Å². The predicted molar refractivity (Wildman–Crippen MR) is 104 cm³/mol. The molecule has 0 aliphatic rings. The van der Waals surface area contributed by atoms with Crippen LogP contribution in [0.1, 0.15) is 0 Å². The summed E-state index contributed by atoms with van der Waals surface area (Å²) in [6, 6.07) is 14.5. The zero-order valence-electron chi connectivity index (χ0n) is 15.2. The second-order valence-electron chi connectivity index (χ2n) is 5.71. The van der Waals surface area contributed by atoms with E-state index in [-0.39, 0.29) is 11.7 Å². The number of carbonyl (C=O) groups excluding carboxylic acids is 1. The molecule has 0 saturated heterocycles. The van der Waals surface area contributed by atoms with Crippen LogP contribution < -0.4 is 10.1 Å². The van der Waals surface area contributed by atoms with E-state index in [4.69, 9.17) is 4.74 Å². The first-order chi connectivity index (χ1) is 14.2. The summed E-state index contributed by atoms with van der Waals surface area (Å²) in [7, 11) is 1.60. The number of tetrazole rings is 2. The Labute approximate surface area is 169 Å². The molecule has 0 fully saturated rings. The van der Waals surface area contributed by atoms with E-state index in [9.17, 15) is 4.79 Å². The van der Waals surface area contributed by atoms with Gasteiger partial charge in [-0.1, -0.05) is 11.8 Å². The molecule has 2 heterocycles. The van der Waals surface area contributed by atoms with Crippen molar-refractivity contribution in [3.8, 4) is 17.1 Å². The summed E-state index contributed by atoms with van der Waals surface area (Å²) < 4.78 is 8.25. The molecular formula is C17H15N9O2S. The molecule has 0 saturated carbocycles. The Balaban J connectivity index is 1.36. The third kappa shape index (κ3) is 4.38. The fourth-order valence-electron chi connectivity index (χ4n) is 2.46. The fourth-order valence-corrected chi connectivity index (χ4v) is 3.15. The molecule has 29 heavy (non-hydrogen) atoms. The van der Waals surface area contributed by atoms with Gasteiger partial charge in [-0.15, -0.1) is 10.2 Å². The Bertz CT molecular complexity index is 1080. The normalized spacial score (nSPS) is 10.7. The molecule has 0 radical (unpaired) electrons. The van der Waals surface area contributed by atoms with Crippen LogP contribution in [0.15, 0.2) is 60.0 Å². The average molecular weight is 409 g/mol. The van der Waals surface area contributed by atoms with Crippen molar-refractivity contribution in [2.75, 3.05) is 18.2 Å². The molecule has 0 bridgehead atoms. The van der Waals surface area contributed by atoms with Crippen molar-refractivity contribution in [2.45, 2.75) is 5.16 Å². The van der Waals surface area contributed by atoms with Gasteiger partial charge in [-0.2, -0.15) is 4.68 Å². The highest BCUT2D eigenvalue weighted by molar-refractivity contribution is 7.99. The maximum atomic E-state index is 12.3. The number of hydrogen-bond donors (Lipinski definition) is 1. The van der Waals surface area contributed by atoms with Crippen LogP contribution >= 0.6 is 11.8 Å². The van der Waals surface area contributed by atoms with Crippen molar-refractivity contribution in [1.29, 1.82) is 0 Å². The second-order valence-corrected chi connectivity index (χ2v) is 6.65. The molecule has 1 N–H and O–H groups in total. The summed E-state index contributed by atoms with van der Waals surface area (Å²) in [4.78, 5) is 12.3. The van der Waals surface area contributed by atoms with Crippen LogP contribution in [0.5, 0.6) is 5.75 Å². The first-order valence-corrected chi connectivity index (χ1v) is 9.40. The summed E-state index contributed by atoms with van der Waals surface area (Å²) in [5.74, 6) is 0.724. The number of benzene rings is 2. The smallest absolute Gasteiger partial charge is 0.234 e. The van der Waals surface area contributed by atoms with E-state index >= 15 is 0 Å². The van der Waals surface area contributed by atoms with Crippen LogP contribution in [-0.4, -0.2) is 59.2 Å². The highest BCUT2D eigenvalue weighted by Gasteiger charge is 2.12. The van der Waals surface area contributed by atoms with Crippen LogP contribution in [0.3, 0.4) is 0 Å². The number of anilines is 1. The molecule has 0 spiro atoms. The molecule has 2 aromatic heterocycles. The van der Waals surface area contributed by atoms with Crippen molar-refractivity contribution in [2.24, 2.45) is 0 Å².